The van der Waals surface area contributed by atoms with Crippen LogP contribution in [0.1, 0.15) is 30.1 Å². The number of halogens is 1. The third-order valence-corrected chi connectivity index (χ3v) is 4.60. The number of likely N-dealkylation sites (tertiary alicyclic amines) is 1. The van der Waals surface area contributed by atoms with Crippen LogP contribution in [0.5, 0.6) is 0 Å². The van der Waals surface area contributed by atoms with Crippen molar-refractivity contribution in [2.45, 2.75) is 31.8 Å². The fourth-order valence-electron chi connectivity index (χ4n) is 3.03. The van der Waals surface area contributed by atoms with Crippen LogP contribution in [0.4, 0.5) is 0 Å². The molecule has 0 spiro atoms. The number of aromatic nitrogens is 1. The number of aliphatic hydroxyl groups excluding tert-OH is 1. The minimum atomic E-state index is -0.0606. The number of fused-ring (bicyclic) bond motifs is 1. The van der Waals surface area contributed by atoms with Gasteiger partial charge >= 0.3 is 0 Å². The van der Waals surface area contributed by atoms with Gasteiger partial charge in [-0.1, -0.05) is 15.9 Å². The second-order valence-electron chi connectivity index (χ2n) is 5.37. The van der Waals surface area contributed by atoms with E-state index >= 15 is 0 Å². The summed E-state index contributed by atoms with van der Waals surface area (Å²) in [6, 6.07) is 5.97. The van der Waals surface area contributed by atoms with Crippen LogP contribution in [0.3, 0.4) is 0 Å². The highest BCUT2D eigenvalue weighted by atomic mass is 79.9. The van der Waals surface area contributed by atoms with Crippen molar-refractivity contribution in [3.63, 3.8) is 0 Å². The molecule has 1 aromatic heterocycles. The summed E-state index contributed by atoms with van der Waals surface area (Å²) in [6.07, 6.45) is 3.58. The van der Waals surface area contributed by atoms with Crippen LogP contribution < -0.4 is 0 Å². The van der Waals surface area contributed by atoms with Crippen molar-refractivity contribution in [1.29, 1.82) is 0 Å². The minimum absolute atomic E-state index is 0.00148. The van der Waals surface area contributed by atoms with Gasteiger partial charge in [0.05, 0.1) is 18.2 Å². The number of amides is 1. The molecule has 1 aliphatic rings. The van der Waals surface area contributed by atoms with Crippen LogP contribution in [0.2, 0.25) is 0 Å². The second kappa shape index (κ2) is 5.22. The fourth-order valence-corrected chi connectivity index (χ4v) is 3.39. The lowest BCUT2D eigenvalue weighted by Crippen LogP contribution is -2.41. The number of aromatic amines is 1. The third kappa shape index (κ3) is 2.15. The van der Waals surface area contributed by atoms with Gasteiger partial charge in [0.25, 0.3) is 5.91 Å². The van der Waals surface area contributed by atoms with Crippen molar-refractivity contribution in [1.82, 2.24) is 9.88 Å². The second-order valence-corrected chi connectivity index (χ2v) is 6.28. The molecule has 0 bridgehead atoms. The van der Waals surface area contributed by atoms with Gasteiger partial charge < -0.3 is 15.0 Å². The molecule has 1 amide bonds. The summed E-state index contributed by atoms with van der Waals surface area (Å²) >= 11 is 3.44. The van der Waals surface area contributed by atoms with E-state index in [1.807, 2.05) is 30.0 Å². The van der Waals surface area contributed by atoms with E-state index in [0.717, 1.165) is 28.2 Å². The maximum atomic E-state index is 12.8. The van der Waals surface area contributed by atoms with Crippen molar-refractivity contribution >= 4 is 32.7 Å². The number of carbonyl (C=O) groups is 1. The van der Waals surface area contributed by atoms with Gasteiger partial charge in [-0.2, -0.15) is 0 Å². The minimum Gasteiger partial charge on any atom is -0.394 e. The zero-order chi connectivity index (χ0) is 14.3. The van der Waals surface area contributed by atoms with Gasteiger partial charge in [-0.05, 0) is 38.0 Å². The van der Waals surface area contributed by atoms with Gasteiger partial charge in [0.2, 0.25) is 0 Å². The van der Waals surface area contributed by atoms with Crippen molar-refractivity contribution in [3.05, 3.63) is 34.4 Å². The van der Waals surface area contributed by atoms with Crippen LogP contribution in [0.15, 0.2) is 28.9 Å². The summed E-state index contributed by atoms with van der Waals surface area (Å²) in [5.41, 5.74) is 1.62. The summed E-state index contributed by atoms with van der Waals surface area (Å²) in [6.45, 7) is 2.07. The quantitative estimate of drug-likeness (QED) is 0.885. The van der Waals surface area contributed by atoms with Gasteiger partial charge in [-0.15, -0.1) is 0 Å². The largest absolute Gasteiger partial charge is 0.394 e. The number of rotatable bonds is 2. The summed E-state index contributed by atoms with van der Waals surface area (Å²) in [7, 11) is 0. The van der Waals surface area contributed by atoms with E-state index in [2.05, 4.69) is 20.9 Å². The van der Waals surface area contributed by atoms with E-state index in [9.17, 15) is 9.90 Å². The molecule has 2 atom stereocenters. The molecule has 1 aliphatic heterocycles. The van der Waals surface area contributed by atoms with Crippen LogP contribution in [-0.4, -0.2) is 39.6 Å². The number of hydrogen-bond acceptors (Lipinski definition) is 2. The lowest BCUT2D eigenvalue weighted by atomic mass is 10.1. The lowest BCUT2D eigenvalue weighted by molar-refractivity contribution is 0.0614. The number of carbonyl (C=O) groups excluding carboxylic acids is 1. The average Bonchev–Trinajstić information content (AvgIpc) is 3.01. The smallest absolute Gasteiger partial charge is 0.256 e. The third-order valence-electron chi connectivity index (χ3n) is 4.11. The number of aliphatic hydroxyl groups is 1. The predicted molar refractivity (Wildman–Crippen MR) is 81.7 cm³/mol. The zero-order valence-corrected chi connectivity index (χ0v) is 12.9. The van der Waals surface area contributed by atoms with E-state index in [-0.39, 0.29) is 24.6 Å². The molecule has 5 heteroatoms. The van der Waals surface area contributed by atoms with E-state index < -0.39 is 0 Å². The topological polar surface area (TPSA) is 56.3 Å². The van der Waals surface area contributed by atoms with Gasteiger partial charge in [0, 0.05) is 27.6 Å². The molecule has 4 nitrogen and oxygen atoms in total. The molecule has 0 radical (unpaired) electrons. The SMILES string of the molecule is C[C@@H]1CC[C@H](CO)N1C(=O)c1c[nH]c2ccc(Br)cc12. The number of H-pyrrole nitrogens is 1. The first kappa shape index (κ1) is 13.6. The van der Waals surface area contributed by atoms with E-state index in [1.165, 1.54) is 0 Å². The van der Waals surface area contributed by atoms with Crippen molar-refractivity contribution < 1.29 is 9.90 Å². The predicted octanol–water partition coefficient (Wildman–Crippen LogP) is 2.92. The van der Waals surface area contributed by atoms with E-state index in [1.54, 1.807) is 6.20 Å². The molecule has 3 rings (SSSR count). The molecule has 0 aliphatic carbocycles. The summed E-state index contributed by atoms with van der Waals surface area (Å²) in [4.78, 5) is 17.8. The summed E-state index contributed by atoms with van der Waals surface area (Å²) < 4.78 is 0.951. The lowest BCUT2D eigenvalue weighted by Gasteiger charge is -2.27. The Morgan fingerprint density at radius 1 is 1.50 bits per heavy atom. The molecule has 20 heavy (non-hydrogen) atoms. The molecule has 0 unspecified atom stereocenters. The highest BCUT2D eigenvalue weighted by Gasteiger charge is 2.35. The zero-order valence-electron chi connectivity index (χ0n) is 11.3. The Morgan fingerprint density at radius 2 is 2.30 bits per heavy atom. The molecule has 2 heterocycles. The van der Waals surface area contributed by atoms with E-state index in [0.29, 0.717) is 5.56 Å². The highest BCUT2D eigenvalue weighted by Crippen LogP contribution is 2.29. The first-order valence-corrected chi connectivity index (χ1v) is 7.61. The molecular formula is C15H17BrN2O2. The van der Waals surface area contributed by atoms with Crippen LogP contribution in [-0.2, 0) is 0 Å². The average molecular weight is 337 g/mol. The van der Waals surface area contributed by atoms with Crippen LogP contribution >= 0.6 is 15.9 Å². The maximum Gasteiger partial charge on any atom is 0.256 e. The van der Waals surface area contributed by atoms with Crippen LogP contribution in [0.25, 0.3) is 10.9 Å². The van der Waals surface area contributed by atoms with Crippen LogP contribution in [0, 0.1) is 0 Å². The van der Waals surface area contributed by atoms with Gasteiger partial charge in [-0.3, -0.25) is 4.79 Å². The van der Waals surface area contributed by atoms with E-state index in [4.69, 9.17) is 0 Å². The molecule has 2 N–H and O–H groups in total. The number of nitrogens with zero attached hydrogens (tertiary/aromatic N) is 1. The Labute approximate surface area is 125 Å². The molecule has 106 valence electrons. The Kier molecular flexibility index (Phi) is 3.56. The standard InChI is InChI=1S/C15H17BrN2O2/c1-9-2-4-11(8-19)18(9)15(20)13-7-17-14-5-3-10(16)6-12(13)14/h3,5-7,9,11,17,19H,2,4,8H2,1H3/t9-,11-/m1/s1. The Hall–Kier alpha value is -1.33. The number of benzene rings is 1. The number of nitrogens with one attached hydrogen (secondary N) is 1. The van der Waals surface area contributed by atoms with Gasteiger partial charge in [-0.25, -0.2) is 0 Å². The van der Waals surface area contributed by atoms with Gasteiger partial charge in [0.15, 0.2) is 0 Å². The molecule has 1 aromatic carbocycles. The van der Waals surface area contributed by atoms with Crippen molar-refractivity contribution in [3.8, 4) is 0 Å². The Morgan fingerprint density at radius 3 is 3.05 bits per heavy atom. The Bertz CT molecular complexity index is 652. The Balaban J connectivity index is 2.02. The highest BCUT2D eigenvalue weighted by molar-refractivity contribution is 9.10. The van der Waals surface area contributed by atoms with Crippen molar-refractivity contribution in [2.75, 3.05) is 6.61 Å². The first-order chi connectivity index (χ1) is 9.61. The summed E-state index contributed by atoms with van der Waals surface area (Å²) in [5.74, 6) is -0.00148. The summed E-state index contributed by atoms with van der Waals surface area (Å²) in [5, 5.41) is 10.4. The van der Waals surface area contributed by atoms with Crippen molar-refractivity contribution in [2.24, 2.45) is 0 Å². The molecule has 2 aromatic rings. The first-order valence-electron chi connectivity index (χ1n) is 6.82. The molecule has 0 saturated carbocycles. The monoisotopic (exact) mass is 336 g/mol. The molecule has 1 saturated heterocycles. The number of hydrogen-bond donors (Lipinski definition) is 2. The molecule has 1 fully saturated rings. The normalized spacial score (nSPS) is 22.6. The fraction of sp³-hybridized carbons (Fsp3) is 0.400. The molecular weight excluding hydrogens is 320 g/mol. The maximum absolute atomic E-state index is 12.8. The van der Waals surface area contributed by atoms with Gasteiger partial charge in [0.1, 0.15) is 0 Å².